The van der Waals surface area contributed by atoms with E-state index in [1.807, 2.05) is 24.3 Å². The zero-order valence-corrected chi connectivity index (χ0v) is 16.1. The van der Waals surface area contributed by atoms with Crippen molar-refractivity contribution in [2.75, 3.05) is 25.0 Å². The van der Waals surface area contributed by atoms with Gasteiger partial charge in [-0.05, 0) is 47.7 Å². The Kier molecular flexibility index (Phi) is 4.52. The fraction of sp³-hybridized carbons (Fsp3) is 0.200. The number of aromatic amines is 1. The van der Waals surface area contributed by atoms with E-state index in [9.17, 15) is 18.0 Å². The minimum Gasteiger partial charge on any atom is -0.322 e. The first-order chi connectivity index (χ1) is 13.4. The summed E-state index contributed by atoms with van der Waals surface area (Å²) in [5, 5.41) is 0.605. The number of hydrogen-bond acceptors (Lipinski definition) is 4. The van der Waals surface area contributed by atoms with Gasteiger partial charge >= 0.3 is 0 Å². The predicted octanol–water partition coefficient (Wildman–Crippen LogP) is 1.74. The first-order valence-electron chi connectivity index (χ1n) is 8.84. The second-order valence-corrected chi connectivity index (χ2v) is 8.80. The van der Waals surface area contributed by atoms with Crippen molar-refractivity contribution in [2.24, 2.45) is 0 Å². The molecule has 1 aromatic heterocycles. The Hall–Kier alpha value is -2.97. The summed E-state index contributed by atoms with van der Waals surface area (Å²) in [7, 11) is -2.45. The topological polar surface area (TPSA) is 90.6 Å². The third-order valence-corrected chi connectivity index (χ3v) is 6.75. The molecule has 0 saturated carbocycles. The van der Waals surface area contributed by atoms with Crippen LogP contribution >= 0.6 is 0 Å². The van der Waals surface area contributed by atoms with Crippen LogP contribution in [0.15, 0.2) is 64.3 Å². The van der Waals surface area contributed by atoms with Crippen LogP contribution in [0.5, 0.6) is 0 Å². The summed E-state index contributed by atoms with van der Waals surface area (Å²) in [6.45, 7) is 0.301. The number of sulfonamides is 1. The number of nitrogens with one attached hydrogen (secondary N) is 1. The smallest absolute Gasteiger partial charge is 0.248 e. The molecule has 0 saturated heterocycles. The molecule has 0 unspecified atom stereocenters. The number of anilines is 1. The van der Waals surface area contributed by atoms with Crippen LogP contribution in [0.4, 0.5) is 5.69 Å². The molecule has 0 radical (unpaired) electrons. The van der Waals surface area contributed by atoms with Crippen molar-refractivity contribution in [1.29, 1.82) is 0 Å². The molecule has 1 N–H and O–H groups in total. The Morgan fingerprint density at radius 3 is 2.75 bits per heavy atom. The van der Waals surface area contributed by atoms with Crippen LogP contribution in [0.1, 0.15) is 5.56 Å². The number of benzene rings is 2. The van der Waals surface area contributed by atoms with Crippen LogP contribution in [0, 0.1) is 0 Å². The van der Waals surface area contributed by atoms with E-state index in [2.05, 4.69) is 4.98 Å². The van der Waals surface area contributed by atoms with E-state index in [1.54, 1.807) is 17.0 Å². The Morgan fingerprint density at radius 1 is 1.14 bits per heavy atom. The number of pyridine rings is 1. The molecule has 7 nitrogen and oxygen atoms in total. The Bertz CT molecular complexity index is 1230. The van der Waals surface area contributed by atoms with Crippen molar-refractivity contribution in [1.82, 2.24) is 9.29 Å². The first kappa shape index (κ1) is 18.4. The number of para-hydroxylation sites is 1. The molecule has 0 spiro atoms. The highest BCUT2D eigenvalue weighted by Gasteiger charge is 2.29. The lowest BCUT2D eigenvalue weighted by Crippen LogP contribution is -2.40. The maximum Gasteiger partial charge on any atom is 0.248 e. The van der Waals surface area contributed by atoms with Gasteiger partial charge in [0.05, 0.1) is 11.4 Å². The average Bonchev–Trinajstić information content (AvgIpc) is 3.11. The zero-order chi connectivity index (χ0) is 19.9. The van der Waals surface area contributed by atoms with Crippen LogP contribution in [0.25, 0.3) is 10.9 Å². The fourth-order valence-corrected chi connectivity index (χ4v) is 4.59. The number of fused-ring (bicyclic) bond motifs is 2. The highest BCUT2D eigenvalue weighted by atomic mass is 32.2. The summed E-state index contributed by atoms with van der Waals surface area (Å²) in [6.07, 6.45) is 0.765. The molecule has 1 aliphatic rings. The van der Waals surface area contributed by atoms with Gasteiger partial charge in [0.25, 0.3) is 0 Å². The van der Waals surface area contributed by atoms with Crippen LogP contribution in [0.2, 0.25) is 0 Å². The van der Waals surface area contributed by atoms with Crippen molar-refractivity contribution in [2.45, 2.75) is 11.3 Å². The Labute approximate surface area is 162 Å². The van der Waals surface area contributed by atoms with Gasteiger partial charge in [0.2, 0.25) is 21.5 Å². The number of carbonyl (C=O) groups excluding carboxylic acids is 1. The number of nitrogens with zero attached hydrogens (tertiary/aromatic N) is 2. The third-order valence-electron chi connectivity index (χ3n) is 4.95. The molecule has 3 aromatic rings. The Balaban J connectivity index is 1.57. The van der Waals surface area contributed by atoms with Gasteiger partial charge in [0.15, 0.2) is 0 Å². The van der Waals surface area contributed by atoms with Crippen LogP contribution < -0.4 is 10.5 Å². The maximum atomic E-state index is 12.9. The van der Waals surface area contributed by atoms with Gasteiger partial charge in [-0.1, -0.05) is 18.2 Å². The van der Waals surface area contributed by atoms with Crippen molar-refractivity contribution in [3.63, 3.8) is 0 Å². The number of H-pyrrole nitrogens is 1. The molecule has 4 rings (SSSR count). The average molecular weight is 397 g/mol. The first-order valence-corrected chi connectivity index (χ1v) is 10.3. The largest absolute Gasteiger partial charge is 0.322 e. The van der Waals surface area contributed by atoms with E-state index in [0.717, 1.165) is 22.0 Å². The summed E-state index contributed by atoms with van der Waals surface area (Å²) in [4.78, 5) is 28.5. The van der Waals surface area contributed by atoms with E-state index in [-0.39, 0.29) is 22.9 Å². The lowest BCUT2D eigenvalue weighted by molar-refractivity contribution is -0.118. The number of carbonyl (C=O) groups is 1. The van der Waals surface area contributed by atoms with Gasteiger partial charge in [0, 0.05) is 30.9 Å². The molecule has 2 aromatic carbocycles. The lowest BCUT2D eigenvalue weighted by atomic mass is 10.2. The fourth-order valence-electron chi connectivity index (χ4n) is 3.43. The number of likely N-dealkylation sites (N-methyl/N-ethyl adjacent to an activating group) is 1. The van der Waals surface area contributed by atoms with E-state index in [0.29, 0.717) is 17.4 Å². The molecule has 0 fully saturated rings. The van der Waals surface area contributed by atoms with E-state index in [1.165, 1.54) is 25.2 Å². The minimum absolute atomic E-state index is 0.0733. The van der Waals surface area contributed by atoms with Gasteiger partial charge < -0.3 is 9.88 Å². The van der Waals surface area contributed by atoms with Gasteiger partial charge in [0.1, 0.15) is 0 Å². The normalized spacial score (nSPS) is 13.9. The molecule has 0 aliphatic carbocycles. The summed E-state index contributed by atoms with van der Waals surface area (Å²) >= 11 is 0. The highest BCUT2D eigenvalue weighted by Crippen LogP contribution is 2.28. The highest BCUT2D eigenvalue weighted by molar-refractivity contribution is 7.89. The third kappa shape index (κ3) is 3.21. The van der Waals surface area contributed by atoms with Crippen LogP contribution in [-0.4, -0.2) is 43.8 Å². The standard InChI is InChI=1S/C20H19N3O4S/c1-22(13-20(25)23-11-10-14-4-2-3-5-18(14)23)28(26,27)16-7-8-17-15(12-16)6-9-19(24)21-17/h2-9,12H,10-11,13H2,1H3,(H,21,24). The molecule has 2 heterocycles. The number of aromatic nitrogens is 1. The molecule has 8 heteroatoms. The van der Waals surface area contributed by atoms with Gasteiger partial charge in [-0.15, -0.1) is 0 Å². The SMILES string of the molecule is CN(CC(=O)N1CCc2ccccc21)S(=O)(=O)c1ccc2[nH]c(=O)ccc2c1. The second-order valence-electron chi connectivity index (χ2n) is 6.76. The molecule has 0 atom stereocenters. The molecule has 1 aliphatic heterocycles. The molecule has 28 heavy (non-hydrogen) atoms. The Morgan fingerprint density at radius 2 is 1.93 bits per heavy atom. The quantitative estimate of drug-likeness (QED) is 0.726. The van der Waals surface area contributed by atoms with Gasteiger partial charge in [-0.3, -0.25) is 9.59 Å². The van der Waals surface area contributed by atoms with Crippen molar-refractivity contribution in [3.05, 3.63) is 70.5 Å². The van der Waals surface area contributed by atoms with Crippen molar-refractivity contribution in [3.8, 4) is 0 Å². The van der Waals surface area contributed by atoms with E-state index >= 15 is 0 Å². The number of hydrogen-bond donors (Lipinski definition) is 1. The van der Waals surface area contributed by atoms with Crippen molar-refractivity contribution >= 4 is 32.5 Å². The number of rotatable bonds is 4. The second kappa shape index (κ2) is 6.88. The van der Waals surface area contributed by atoms with Crippen LogP contribution in [-0.2, 0) is 21.2 Å². The molecular weight excluding hydrogens is 378 g/mol. The lowest BCUT2D eigenvalue weighted by Gasteiger charge is -2.22. The number of amides is 1. The molecule has 0 bridgehead atoms. The minimum atomic E-state index is -3.85. The summed E-state index contributed by atoms with van der Waals surface area (Å²) in [5.74, 6) is -0.263. The monoisotopic (exact) mass is 397 g/mol. The zero-order valence-electron chi connectivity index (χ0n) is 15.3. The molecule has 1 amide bonds. The summed E-state index contributed by atoms with van der Waals surface area (Å²) < 4.78 is 26.9. The summed E-state index contributed by atoms with van der Waals surface area (Å²) in [5.41, 5.74) is 2.23. The van der Waals surface area contributed by atoms with Crippen LogP contribution in [0.3, 0.4) is 0 Å². The van der Waals surface area contributed by atoms with Gasteiger partial charge in [-0.2, -0.15) is 4.31 Å². The molecule has 144 valence electrons. The van der Waals surface area contributed by atoms with E-state index < -0.39 is 10.0 Å². The molecular formula is C20H19N3O4S. The maximum absolute atomic E-state index is 12.9. The predicted molar refractivity (Wildman–Crippen MR) is 107 cm³/mol. The summed E-state index contributed by atoms with van der Waals surface area (Å²) in [6, 6.07) is 15.0. The van der Waals surface area contributed by atoms with E-state index in [4.69, 9.17) is 0 Å². The van der Waals surface area contributed by atoms with Crippen molar-refractivity contribution < 1.29 is 13.2 Å². The van der Waals surface area contributed by atoms with Gasteiger partial charge in [-0.25, -0.2) is 8.42 Å².